The third kappa shape index (κ3) is 38.0. The predicted molar refractivity (Wildman–Crippen MR) is 298 cm³/mol. The zero-order chi connectivity index (χ0) is 52.5. The van der Waals surface area contributed by atoms with Gasteiger partial charge in [0.2, 0.25) is 5.91 Å². The highest BCUT2D eigenvalue weighted by atomic mass is 16.7. The van der Waals surface area contributed by atoms with E-state index < -0.39 is 74.2 Å². The van der Waals surface area contributed by atoms with Gasteiger partial charge in [0.15, 0.2) is 6.29 Å². The minimum absolute atomic E-state index is 0.244. The van der Waals surface area contributed by atoms with Crippen LogP contribution >= 0.6 is 0 Å². The number of aliphatic hydroxyl groups excluding tert-OH is 7. The SMILES string of the molecule is CCCCCCCCCCCCCC/C=C\CCCCCCCCC(O)C(=O)NC(COC1OC(CO)C(O)C(O)C1O)C(O)C(O)CCC/C=C/CC/C=C/CCCCCCCCCCCCCCCC. The molecule has 72 heavy (non-hydrogen) atoms. The fraction of sp³-hybridized carbons (Fsp3) is 0.885. The second-order valence-electron chi connectivity index (χ2n) is 21.4. The first-order valence-corrected chi connectivity index (χ1v) is 30.4. The van der Waals surface area contributed by atoms with Gasteiger partial charge in [0, 0.05) is 0 Å². The average molecular weight is 1020 g/mol. The second-order valence-corrected chi connectivity index (χ2v) is 21.4. The summed E-state index contributed by atoms with van der Waals surface area (Å²) in [6.45, 7) is 3.46. The van der Waals surface area contributed by atoms with Crippen molar-refractivity contribution in [3.8, 4) is 0 Å². The van der Waals surface area contributed by atoms with Crippen LogP contribution in [-0.2, 0) is 14.3 Å². The summed E-state index contributed by atoms with van der Waals surface area (Å²) in [7, 11) is 0. The molecule has 0 saturated carbocycles. The molecule has 1 aliphatic heterocycles. The van der Waals surface area contributed by atoms with Crippen LogP contribution in [0.4, 0.5) is 0 Å². The van der Waals surface area contributed by atoms with Crippen molar-refractivity contribution in [1.29, 1.82) is 0 Å². The van der Waals surface area contributed by atoms with Crippen molar-refractivity contribution >= 4 is 5.91 Å². The van der Waals surface area contributed by atoms with E-state index in [0.717, 1.165) is 57.8 Å². The van der Waals surface area contributed by atoms with E-state index in [1.54, 1.807) is 0 Å². The van der Waals surface area contributed by atoms with E-state index in [1.807, 2.05) is 0 Å². The summed E-state index contributed by atoms with van der Waals surface area (Å²) in [6.07, 6.45) is 50.6. The summed E-state index contributed by atoms with van der Waals surface area (Å²) in [6, 6.07) is -1.19. The molecule has 424 valence electrons. The maximum Gasteiger partial charge on any atom is 0.249 e. The summed E-state index contributed by atoms with van der Waals surface area (Å²) in [4.78, 5) is 13.2. The molecular weight excluding hydrogens is 907 g/mol. The van der Waals surface area contributed by atoms with Crippen molar-refractivity contribution in [2.75, 3.05) is 13.2 Å². The molecule has 1 heterocycles. The van der Waals surface area contributed by atoms with Gasteiger partial charge in [0.25, 0.3) is 0 Å². The third-order valence-electron chi connectivity index (χ3n) is 14.6. The molecule has 1 rings (SSSR count). The van der Waals surface area contributed by atoms with Crippen molar-refractivity contribution in [3.63, 3.8) is 0 Å². The van der Waals surface area contributed by atoms with Crippen LogP contribution in [0, 0.1) is 0 Å². The highest BCUT2D eigenvalue weighted by molar-refractivity contribution is 5.80. The molecule has 0 spiro atoms. The van der Waals surface area contributed by atoms with Crippen LogP contribution in [0.1, 0.15) is 277 Å². The molecule has 11 nitrogen and oxygen atoms in total. The Balaban J connectivity index is 2.33. The molecule has 1 aliphatic rings. The lowest BCUT2D eigenvalue weighted by molar-refractivity contribution is -0.303. The van der Waals surface area contributed by atoms with E-state index >= 15 is 0 Å². The zero-order valence-corrected chi connectivity index (χ0v) is 46.4. The zero-order valence-electron chi connectivity index (χ0n) is 46.4. The third-order valence-corrected chi connectivity index (χ3v) is 14.6. The van der Waals surface area contributed by atoms with E-state index in [1.165, 1.54) is 173 Å². The lowest BCUT2D eigenvalue weighted by Gasteiger charge is -2.40. The number of aliphatic hydroxyl groups is 7. The molecule has 0 aromatic carbocycles. The highest BCUT2D eigenvalue weighted by Gasteiger charge is 2.44. The molecule has 0 radical (unpaired) electrons. The number of allylic oxidation sites excluding steroid dienone is 6. The van der Waals surface area contributed by atoms with Crippen LogP contribution < -0.4 is 5.32 Å². The standard InChI is InChI=1S/C61H115NO10/c1-3-5-7-9-11-13-15-17-19-21-23-25-27-29-30-32-34-36-38-40-42-44-46-48-53(64)56(66)52(51-71-61-59(69)58(68)57(67)55(50-63)72-61)62-60(70)54(65)49-47-45-43-41-39-37-35-33-31-28-26-24-22-20-18-16-14-12-10-8-6-4-2/h31-34,40,42,52-59,61,63-69H,3-30,35-39,41,43-51H2,1-2H3,(H,62,70)/b33-31-,34-32+,42-40+. The van der Waals surface area contributed by atoms with Crippen LogP contribution in [-0.4, -0.2) is 110 Å². The summed E-state index contributed by atoms with van der Waals surface area (Å²) in [5, 5.41) is 76.2. The maximum atomic E-state index is 13.2. The minimum Gasteiger partial charge on any atom is -0.394 e. The second kappa shape index (κ2) is 50.2. The van der Waals surface area contributed by atoms with Gasteiger partial charge in [-0.25, -0.2) is 0 Å². The van der Waals surface area contributed by atoms with Gasteiger partial charge in [0.05, 0.1) is 25.4 Å². The Hall–Kier alpha value is -1.67. The monoisotopic (exact) mass is 1020 g/mol. The molecular formula is C61H115NO10. The minimum atomic E-state index is -1.67. The normalized spacial score (nSPS) is 20.3. The Morgan fingerprint density at radius 2 is 0.833 bits per heavy atom. The van der Waals surface area contributed by atoms with Gasteiger partial charge in [0.1, 0.15) is 36.6 Å². The molecule has 9 unspecified atom stereocenters. The van der Waals surface area contributed by atoms with Gasteiger partial charge < -0.3 is 50.5 Å². The number of hydrogen-bond donors (Lipinski definition) is 8. The Kier molecular flexibility index (Phi) is 47.6. The van der Waals surface area contributed by atoms with E-state index in [0.29, 0.717) is 19.3 Å². The van der Waals surface area contributed by atoms with E-state index in [9.17, 15) is 40.5 Å². The lowest BCUT2D eigenvalue weighted by Crippen LogP contribution is -2.60. The summed E-state index contributed by atoms with van der Waals surface area (Å²) in [5.41, 5.74) is 0. The Bertz CT molecular complexity index is 1260. The van der Waals surface area contributed by atoms with Crippen molar-refractivity contribution in [1.82, 2.24) is 5.32 Å². The quantitative estimate of drug-likeness (QED) is 0.0215. The number of carbonyl (C=O) groups is 1. The van der Waals surface area contributed by atoms with Gasteiger partial charge in [-0.1, -0.05) is 237 Å². The molecule has 0 aromatic rings. The number of hydrogen-bond acceptors (Lipinski definition) is 10. The van der Waals surface area contributed by atoms with Crippen molar-refractivity contribution in [2.24, 2.45) is 0 Å². The number of ether oxygens (including phenoxy) is 2. The van der Waals surface area contributed by atoms with Crippen LogP contribution in [0.25, 0.3) is 0 Å². The number of carbonyl (C=O) groups excluding carboxylic acids is 1. The molecule has 0 bridgehead atoms. The average Bonchev–Trinajstić information content (AvgIpc) is 3.38. The fourth-order valence-electron chi connectivity index (χ4n) is 9.69. The van der Waals surface area contributed by atoms with E-state index in [4.69, 9.17) is 9.47 Å². The molecule has 9 atom stereocenters. The Morgan fingerprint density at radius 1 is 0.472 bits per heavy atom. The van der Waals surface area contributed by atoms with Crippen molar-refractivity contribution in [3.05, 3.63) is 36.5 Å². The van der Waals surface area contributed by atoms with Gasteiger partial charge in [-0.05, 0) is 77.0 Å². The highest BCUT2D eigenvalue weighted by Crippen LogP contribution is 2.23. The smallest absolute Gasteiger partial charge is 0.249 e. The molecule has 0 aliphatic carbocycles. The first-order valence-electron chi connectivity index (χ1n) is 30.4. The van der Waals surface area contributed by atoms with Crippen LogP contribution in [0.2, 0.25) is 0 Å². The van der Waals surface area contributed by atoms with Gasteiger partial charge in [-0.15, -0.1) is 0 Å². The molecule has 1 fully saturated rings. The van der Waals surface area contributed by atoms with E-state index in [-0.39, 0.29) is 12.8 Å². The molecule has 11 heteroatoms. The molecule has 1 amide bonds. The lowest BCUT2D eigenvalue weighted by atomic mass is 9.98. The first kappa shape index (κ1) is 68.3. The molecule has 8 N–H and O–H groups in total. The Labute approximate surface area is 441 Å². The Morgan fingerprint density at radius 3 is 1.24 bits per heavy atom. The maximum absolute atomic E-state index is 13.2. The summed E-state index contributed by atoms with van der Waals surface area (Å²) >= 11 is 0. The molecule has 1 saturated heterocycles. The van der Waals surface area contributed by atoms with Crippen molar-refractivity contribution in [2.45, 2.75) is 332 Å². The molecule has 0 aromatic heterocycles. The first-order chi connectivity index (χ1) is 35.2. The summed E-state index contributed by atoms with van der Waals surface area (Å²) in [5.74, 6) is -0.712. The fourth-order valence-corrected chi connectivity index (χ4v) is 9.69. The van der Waals surface area contributed by atoms with Crippen LogP contribution in [0.3, 0.4) is 0 Å². The van der Waals surface area contributed by atoms with E-state index in [2.05, 4.69) is 55.6 Å². The number of nitrogens with one attached hydrogen (secondary N) is 1. The van der Waals surface area contributed by atoms with Gasteiger partial charge in [-0.3, -0.25) is 4.79 Å². The number of amides is 1. The van der Waals surface area contributed by atoms with Crippen molar-refractivity contribution < 1.29 is 50.0 Å². The number of unbranched alkanes of at least 4 members (excludes halogenated alkanes) is 34. The van der Waals surface area contributed by atoms with Crippen LogP contribution in [0.5, 0.6) is 0 Å². The predicted octanol–water partition coefficient (Wildman–Crippen LogP) is 13.1. The van der Waals surface area contributed by atoms with Gasteiger partial charge >= 0.3 is 0 Å². The van der Waals surface area contributed by atoms with Crippen LogP contribution in [0.15, 0.2) is 36.5 Å². The summed E-state index contributed by atoms with van der Waals surface area (Å²) < 4.78 is 11.1. The van der Waals surface area contributed by atoms with Gasteiger partial charge in [-0.2, -0.15) is 0 Å². The topological polar surface area (TPSA) is 189 Å². The largest absolute Gasteiger partial charge is 0.394 e. The number of rotatable bonds is 52.